The molecule has 1 aliphatic heterocycles. The molecule has 1 heterocycles. The first kappa shape index (κ1) is 12.9. The second-order valence-electron chi connectivity index (χ2n) is 5.80. The monoisotopic (exact) mass is 247 g/mol. The summed E-state index contributed by atoms with van der Waals surface area (Å²) in [5, 5.41) is 3.01. The Morgan fingerprint density at radius 2 is 2.06 bits per heavy atom. The summed E-state index contributed by atoms with van der Waals surface area (Å²) in [6, 6.07) is 5.83. The predicted molar refractivity (Wildman–Crippen MR) is 75.0 cm³/mol. The smallest absolute Gasteiger partial charge is 0.248 e. The van der Waals surface area contributed by atoms with Gasteiger partial charge in [-0.1, -0.05) is 32.9 Å². The maximum absolute atomic E-state index is 12.0. The molecule has 4 nitrogen and oxygen atoms in total. The number of carbonyl (C=O) groups is 1. The predicted octanol–water partition coefficient (Wildman–Crippen LogP) is 1.70. The summed E-state index contributed by atoms with van der Waals surface area (Å²) in [6.45, 7) is 6.75. The molecule has 0 spiro atoms. The van der Waals surface area contributed by atoms with Gasteiger partial charge in [0.15, 0.2) is 0 Å². The van der Waals surface area contributed by atoms with Crippen molar-refractivity contribution in [3.05, 3.63) is 23.8 Å². The van der Waals surface area contributed by atoms with E-state index >= 15 is 0 Å². The topological polar surface area (TPSA) is 58.4 Å². The summed E-state index contributed by atoms with van der Waals surface area (Å²) in [5.41, 5.74) is 8.76. The SMILES string of the molecule is CN1c2cccc(C(C)(C)C)c2NC(=O)C1CN. The van der Waals surface area contributed by atoms with Crippen molar-refractivity contribution in [1.29, 1.82) is 0 Å². The highest BCUT2D eigenvalue weighted by molar-refractivity contribution is 6.04. The van der Waals surface area contributed by atoms with Crippen molar-refractivity contribution >= 4 is 17.3 Å². The third kappa shape index (κ3) is 1.97. The van der Waals surface area contributed by atoms with Gasteiger partial charge >= 0.3 is 0 Å². The van der Waals surface area contributed by atoms with E-state index in [1.54, 1.807) is 0 Å². The molecule has 4 heteroatoms. The van der Waals surface area contributed by atoms with E-state index in [1.807, 2.05) is 24.1 Å². The summed E-state index contributed by atoms with van der Waals surface area (Å²) in [5.74, 6) is -0.0239. The number of nitrogens with one attached hydrogen (secondary N) is 1. The molecule has 2 rings (SSSR count). The number of amides is 1. The van der Waals surface area contributed by atoms with E-state index in [0.29, 0.717) is 6.54 Å². The zero-order chi connectivity index (χ0) is 13.5. The molecule has 1 unspecified atom stereocenters. The lowest BCUT2D eigenvalue weighted by Gasteiger charge is -2.37. The number of hydrogen-bond acceptors (Lipinski definition) is 3. The zero-order valence-electron chi connectivity index (χ0n) is 11.4. The van der Waals surface area contributed by atoms with Crippen LogP contribution in [0.4, 0.5) is 11.4 Å². The Morgan fingerprint density at radius 1 is 1.39 bits per heavy atom. The minimum Gasteiger partial charge on any atom is -0.360 e. The van der Waals surface area contributed by atoms with Crippen LogP contribution in [0.25, 0.3) is 0 Å². The van der Waals surface area contributed by atoms with Crippen molar-refractivity contribution in [1.82, 2.24) is 0 Å². The van der Waals surface area contributed by atoms with Crippen LogP contribution in [-0.4, -0.2) is 25.5 Å². The summed E-state index contributed by atoms with van der Waals surface area (Å²) in [4.78, 5) is 14.0. The first-order valence-corrected chi connectivity index (χ1v) is 6.23. The Hall–Kier alpha value is -1.55. The van der Waals surface area contributed by atoms with Gasteiger partial charge in [-0.3, -0.25) is 4.79 Å². The van der Waals surface area contributed by atoms with Crippen LogP contribution >= 0.6 is 0 Å². The van der Waals surface area contributed by atoms with Crippen LogP contribution in [0, 0.1) is 0 Å². The molecular weight excluding hydrogens is 226 g/mol. The van der Waals surface area contributed by atoms with E-state index in [1.165, 1.54) is 0 Å². The van der Waals surface area contributed by atoms with Crippen LogP contribution in [0.3, 0.4) is 0 Å². The molecule has 1 amide bonds. The molecule has 1 aromatic rings. The molecule has 1 aromatic carbocycles. The maximum atomic E-state index is 12.0. The highest BCUT2D eigenvalue weighted by Crippen LogP contribution is 2.39. The quantitative estimate of drug-likeness (QED) is 0.794. The number of anilines is 2. The van der Waals surface area contributed by atoms with Crippen LogP contribution in [-0.2, 0) is 10.2 Å². The molecule has 0 fully saturated rings. The maximum Gasteiger partial charge on any atom is 0.248 e. The first-order chi connectivity index (χ1) is 8.36. The van der Waals surface area contributed by atoms with Gasteiger partial charge in [0.1, 0.15) is 6.04 Å². The number of rotatable bonds is 1. The second kappa shape index (κ2) is 4.28. The lowest BCUT2D eigenvalue weighted by atomic mass is 9.84. The van der Waals surface area contributed by atoms with Gasteiger partial charge < -0.3 is 16.0 Å². The Kier molecular flexibility index (Phi) is 3.07. The van der Waals surface area contributed by atoms with Crippen LogP contribution in [0.5, 0.6) is 0 Å². The number of likely N-dealkylation sites (N-methyl/N-ethyl adjacent to an activating group) is 1. The Labute approximate surface area is 108 Å². The second-order valence-corrected chi connectivity index (χ2v) is 5.80. The van der Waals surface area contributed by atoms with Crippen molar-refractivity contribution in [3.8, 4) is 0 Å². The average molecular weight is 247 g/mol. The minimum atomic E-state index is -0.285. The number of nitrogens with zero attached hydrogens (tertiary/aromatic N) is 1. The highest BCUT2D eigenvalue weighted by Gasteiger charge is 2.32. The van der Waals surface area contributed by atoms with Crippen LogP contribution in [0.2, 0.25) is 0 Å². The first-order valence-electron chi connectivity index (χ1n) is 6.23. The highest BCUT2D eigenvalue weighted by atomic mass is 16.2. The minimum absolute atomic E-state index is 0.00495. The number of nitrogens with two attached hydrogens (primary N) is 1. The fraction of sp³-hybridized carbons (Fsp3) is 0.500. The summed E-state index contributed by atoms with van der Waals surface area (Å²) >= 11 is 0. The fourth-order valence-corrected chi connectivity index (χ4v) is 2.41. The van der Waals surface area contributed by atoms with Crippen molar-refractivity contribution in [2.24, 2.45) is 5.73 Å². The normalized spacial score (nSPS) is 19.5. The van der Waals surface area contributed by atoms with Gasteiger partial charge in [-0.15, -0.1) is 0 Å². The zero-order valence-corrected chi connectivity index (χ0v) is 11.4. The third-order valence-corrected chi connectivity index (χ3v) is 3.47. The van der Waals surface area contributed by atoms with E-state index in [-0.39, 0.29) is 17.4 Å². The number of benzene rings is 1. The number of fused-ring (bicyclic) bond motifs is 1. The molecule has 0 saturated carbocycles. The molecule has 18 heavy (non-hydrogen) atoms. The third-order valence-electron chi connectivity index (χ3n) is 3.47. The van der Waals surface area contributed by atoms with E-state index in [9.17, 15) is 4.79 Å². The van der Waals surface area contributed by atoms with Gasteiger partial charge in [0.05, 0.1) is 11.4 Å². The van der Waals surface area contributed by atoms with Gasteiger partial charge in [-0.2, -0.15) is 0 Å². The Balaban J connectivity index is 2.56. The molecule has 0 bridgehead atoms. The summed E-state index contributed by atoms with van der Waals surface area (Å²) < 4.78 is 0. The van der Waals surface area contributed by atoms with E-state index in [0.717, 1.165) is 16.9 Å². The Bertz CT molecular complexity index is 476. The molecular formula is C14H21N3O. The van der Waals surface area contributed by atoms with Crippen LogP contribution < -0.4 is 16.0 Å². The number of para-hydroxylation sites is 1. The van der Waals surface area contributed by atoms with Crippen molar-refractivity contribution in [2.45, 2.75) is 32.2 Å². The lowest BCUT2D eigenvalue weighted by Crippen LogP contribution is -2.50. The van der Waals surface area contributed by atoms with Crippen LogP contribution in [0.15, 0.2) is 18.2 Å². The molecule has 0 aliphatic carbocycles. The molecule has 0 saturated heterocycles. The molecule has 0 radical (unpaired) electrons. The molecule has 3 N–H and O–H groups in total. The molecule has 1 aliphatic rings. The molecule has 98 valence electrons. The fourth-order valence-electron chi connectivity index (χ4n) is 2.41. The molecule has 0 aromatic heterocycles. The van der Waals surface area contributed by atoms with E-state index in [4.69, 9.17) is 5.73 Å². The van der Waals surface area contributed by atoms with Gasteiger partial charge in [0.25, 0.3) is 0 Å². The van der Waals surface area contributed by atoms with Crippen molar-refractivity contribution in [2.75, 3.05) is 23.8 Å². The van der Waals surface area contributed by atoms with Crippen LogP contribution in [0.1, 0.15) is 26.3 Å². The average Bonchev–Trinajstić information content (AvgIpc) is 2.27. The summed E-state index contributed by atoms with van der Waals surface area (Å²) in [7, 11) is 1.92. The number of hydrogen-bond donors (Lipinski definition) is 2. The molecule has 1 atom stereocenters. The Morgan fingerprint density at radius 3 is 2.61 bits per heavy atom. The van der Waals surface area contributed by atoms with Crippen molar-refractivity contribution < 1.29 is 4.79 Å². The number of carbonyl (C=O) groups excluding carboxylic acids is 1. The van der Waals surface area contributed by atoms with Crippen molar-refractivity contribution in [3.63, 3.8) is 0 Å². The lowest BCUT2D eigenvalue weighted by molar-refractivity contribution is -0.117. The van der Waals surface area contributed by atoms with Gasteiger partial charge in [0, 0.05) is 13.6 Å². The van der Waals surface area contributed by atoms with E-state index < -0.39 is 0 Å². The largest absolute Gasteiger partial charge is 0.360 e. The van der Waals surface area contributed by atoms with Gasteiger partial charge in [-0.05, 0) is 17.0 Å². The van der Waals surface area contributed by atoms with Gasteiger partial charge in [0.2, 0.25) is 5.91 Å². The van der Waals surface area contributed by atoms with Gasteiger partial charge in [-0.25, -0.2) is 0 Å². The van der Waals surface area contributed by atoms with E-state index in [2.05, 4.69) is 32.2 Å². The standard InChI is InChI=1S/C14H21N3O/c1-14(2,3)9-6-5-7-10-12(9)16-13(18)11(8-15)17(10)4/h5-7,11H,8,15H2,1-4H3,(H,16,18). The summed E-state index contributed by atoms with van der Waals surface area (Å²) in [6.07, 6.45) is 0.